The SMILES string of the molecule is C[C@H](NCC[C@H](C)c1ccc(Cl)cc1)c1cccc(OCN=[N+]=[N-])c1. The number of nitrogens with zero attached hydrogens (tertiary/aromatic N) is 3. The number of rotatable bonds is 9. The predicted octanol–water partition coefficient (Wildman–Crippen LogP) is 5.83. The van der Waals surface area contributed by atoms with Crippen LogP contribution in [-0.2, 0) is 0 Å². The highest BCUT2D eigenvalue weighted by atomic mass is 35.5. The molecule has 6 heteroatoms. The van der Waals surface area contributed by atoms with Gasteiger partial charge in [-0.2, -0.15) is 0 Å². The Morgan fingerprint density at radius 1 is 1.16 bits per heavy atom. The Kier molecular flexibility index (Phi) is 7.61. The highest BCUT2D eigenvalue weighted by molar-refractivity contribution is 6.30. The minimum atomic E-state index is 0.000367. The van der Waals surface area contributed by atoms with Gasteiger partial charge in [-0.3, -0.25) is 0 Å². The van der Waals surface area contributed by atoms with Crippen molar-refractivity contribution in [3.63, 3.8) is 0 Å². The summed E-state index contributed by atoms with van der Waals surface area (Å²) >= 11 is 5.94. The van der Waals surface area contributed by atoms with E-state index in [1.165, 1.54) is 5.56 Å². The van der Waals surface area contributed by atoms with Crippen LogP contribution in [0.2, 0.25) is 5.02 Å². The van der Waals surface area contributed by atoms with Gasteiger partial charge in [-0.15, -0.1) is 0 Å². The number of hydrogen-bond acceptors (Lipinski definition) is 3. The maximum atomic E-state index is 8.29. The van der Waals surface area contributed by atoms with Crippen LogP contribution in [0.25, 0.3) is 10.4 Å². The van der Waals surface area contributed by atoms with Crippen LogP contribution >= 0.6 is 11.6 Å². The van der Waals surface area contributed by atoms with Crippen molar-refractivity contribution in [3.8, 4) is 5.75 Å². The van der Waals surface area contributed by atoms with Crippen molar-refractivity contribution < 1.29 is 4.74 Å². The lowest BCUT2D eigenvalue weighted by molar-refractivity contribution is 0.328. The summed E-state index contributed by atoms with van der Waals surface area (Å²) in [5, 5.41) is 7.69. The third-order valence-electron chi connectivity index (χ3n) is 4.18. The molecule has 0 bridgehead atoms. The van der Waals surface area contributed by atoms with Crippen LogP contribution in [0.4, 0.5) is 0 Å². The van der Waals surface area contributed by atoms with Gasteiger partial charge < -0.3 is 10.1 Å². The van der Waals surface area contributed by atoms with E-state index >= 15 is 0 Å². The fourth-order valence-electron chi connectivity index (χ4n) is 2.60. The zero-order valence-electron chi connectivity index (χ0n) is 14.5. The van der Waals surface area contributed by atoms with E-state index in [4.69, 9.17) is 21.9 Å². The Labute approximate surface area is 153 Å². The van der Waals surface area contributed by atoms with Crippen molar-refractivity contribution in [3.05, 3.63) is 75.1 Å². The maximum absolute atomic E-state index is 8.29. The first-order valence-electron chi connectivity index (χ1n) is 8.32. The Morgan fingerprint density at radius 2 is 1.92 bits per heavy atom. The Bertz CT molecular complexity index is 714. The van der Waals surface area contributed by atoms with Crippen molar-refractivity contribution in [1.29, 1.82) is 0 Å². The molecule has 5 nitrogen and oxygen atoms in total. The molecule has 0 aromatic heterocycles. The van der Waals surface area contributed by atoms with E-state index in [0.717, 1.165) is 23.6 Å². The number of halogens is 1. The summed E-state index contributed by atoms with van der Waals surface area (Å²) in [5.41, 5.74) is 10.7. The summed E-state index contributed by atoms with van der Waals surface area (Å²) in [7, 11) is 0. The molecule has 2 aromatic rings. The Morgan fingerprint density at radius 3 is 2.64 bits per heavy atom. The zero-order valence-corrected chi connectivity index (χ0v) is 15.3. The Balaban J connectivity index is 1.83. The van der Waals surface area contributed by atoms with E-state index in [2.05, 4.69) is 47.4 Å². The molecular weight excluding hydrogens is 336 g/mol. The van der Waals surface area contributed by atoms with Crippen LogP contribution in [0.5, 0.6) is 5.75 Å². The number of benzene rings is 2. The van der Waals surface area contributed by atoms with Crippen LogP contribution in [-0.4, -0.2) is 13.3 Å². The van der Waals surface area contributed by atoms with Crippen LogP contribution < -0.4 is 10.1 Å². The van der Waals surface area contributed by atoms with Gasteiger partial charge in [0.1, 0.15) is 5.75 Å². The monoisotopic (exact) mass is 358 g/mol. The van der Waals surface area contributed by atoms with Crippen molar-refractivity contribution >= 4 is 11.6 Å². The van der Waals surface area contributed by atoms with Crippen molar-refractivity contribution in [1.82, 2.24) is 5.32 Å². The second kappa shape index (κ2) is 9.94. The first-order valence-corrected chi connectivity index (χ1v) is 8.70. The first kappa shape index (κ1) is 19.1. The third kappa shape index (κ3) is 6.31. The summed E-state index contributed by atoms with van der Waals surface area (Å²) < 4.78 is 5.39. The van der Waals surface area contributed by atoms with E-state index in [1.54, 1.807) is 0 Å². The van der Waals surface area contributed by atoms with Gasteiger partial charge in [-0.25, -0.2) is 0 Å². The van der Waals surface area contributed by atoms with Gasteiger partial charge in [0.2, 0.25) is 0 Å². The summed E-state index contributed by atoms with van der Waals surface area (Å²) in [4.78, 5) is 2.68. The van der Waals surface area contributed by atoms with Gasteiger partial charge in [0.05, 0.1) is 0 Å². The molecule has 1 N–H and O–H groups in total. The van der Waals surface area contributed by atoms with Crippen molar-refractivity contribution in [2.45, 2.75) is 32.2 Å². The molecule has 0 amide bonds. The molecule has 0 radical (unpaired) electrons. The van der Waals surface area contributed by atoms with E-state index in [9.17, 15) is 0 Å². The van der Waals surface area contributed by atoms with Gasteiger partial charge >= 0.3 is 0 Å². The lowest BCUT2D eigenvalue weighted by Crippen LogP contribution is -2.21. The average molecular weight is 359 g/mol. The van der Waals surface area contributed by atoms with E-state index in [0.29, 0.717) is 11.7 Å². The molecule has 0 aliphatic heterocycles. The number of hydrogen-bond donors (Lipinski definition) is 1. The lowest BCUT2D eigenvalue weighted by atomic mass is 9.97. The average Bonchev–Trinajstić information content (AvgIpc) is 2.62. The second-order valence-corrected chi connectivity index (χ2v) is 6.43. The van der Waals surface area contributed by atoms with Crippen molar-refractivity contribution in [2.24, 2.45) is 5.11 Å². The quantitative estimate of drug-likeness (QED) is 0.348. The molecule has 2 rings (SSSR count). The number of ether oxygens (including phenoxy) is 1. The molecule has 0 fully saturated rings. The van der Waals surface area contributed by atoms with Crippen LogP contribution in [0, 0.1) is 0 Å². The predicted molar refractivity (Wildman–Crippen MR) is 102 cm³/mol. The van der Waals surface area contributed by atoms with Gasteiger partial charge in [0.25, 0.3) is 0 Å². The largest absolute Gasteiger partial charge is 0.488 e. The second-order valence-electron chi connectivity index (χ2n) is 5.99. The van der Waals surface area contributed by atoms with Crippen LogP contribution in [0.15, 0.2) is 53.6 Å². The molecule has 132 valence electrons. The molecule has 0 heterocycles. The minimum absolute atomic E-state index is 0.000367. The highest BCUT2D eigenvalue weighted by Crippen LogP contribution is 2.22. The topological polar surface area (TPSA) is 70.0 Å². The molecule has 0 spiro atoms. The summed E-state index contributed by atoms with van der Waals surface area (Å²) in [6, 6.07) is 16.1. The molecule has 25 heavy (non-hydrogen) atoms. The molecular formula is C19H23ClN4O. The van der Waals surface area contributed by atoms with Gasteiger partial charge in [-0.1, -0.05) is 47.9 Å². The van der Waals surface area contributed by atoms with Gasteiger partial charge in [0, 0.05) is 16.0 Å². The van der Waals surface area contributed by atoms with E-state index in [1.807, 2.05) is 30.3 Å². The molecule has 0 unspecified atom stereocenters. The normalized spacial score (nSPS) is 12.9. The third-order valence-corrected chi connectivity index (χ3v) is 4.43. The number of azide groups is 1. The smallest absolute Gasteiger partial charge is 0.167 e. The summed E-state index contributed by atoms with van der Waals surface area (Å²) in [6.45, 7) is 5.26. The highest BCUT2D eigenvalue weighted by Gasteiger charge is 2.09. The first-order chi connectivity index (χ1) is 12.1. The standard InChI is InChI=1S/C19H23ClN4O/c1-14(16-6-8-18(20)9-7-16)10-11-22-15(2)17-4-3-5-19(12-17)25-13-23-24-21/h3-9,12,14-15,22H,10-11,13H2,1-2H3/t14-,15-/m0/s1. The molecule has 0 aliphatic carbocycles. The summed E-state index contributed by atoms with van der Waals surface area (Å²) in [6.07, 6.45) is 1.04. The molecule has 2 aromatic carbocycles. The van der Waals surface area contributed by atoms with Gasteiger partial charge in [0.15, 0.2) is 6.73 Å². The van der Waals surface area contributed by atoms with Crippen LogP contribution in [0.3, 0.4) is 0 Å². The lowest BCUT2D eigenvalue weighted by Gasteiger charge is -2.18. The molecule has 0 saturated heterocycles. The zero-order chi connectivity index (χ0) is 18.1. The molecule has 2 atom stereocenters. The van der Waals surface area contributed by atoms with Crippen LogP contribution in [0.1, 0.15) is 43.4 Å². The fraction of sp³-hybridized carbons (Fsp3) is 0.368. The van der Waals surface area contributed by atoms with E-state index in [-0.39, 0.29) is 12.8 Å². The molecule has 0 saturated carbocycles. The van der Waals surface area contributed by atoms with E-state index < -0.39 is 0 Å². The Hall–Kier alpha value is -2.20. The van der Waals surface area contributed by atoms with Gasteiger partial charge in [-0.05, 0) is 66.7 Å². The van der Waals surface area contributed by atoms with Crippen molar-refractivity contribution in [2.75, 3.05) is 13.3 Å². The minimum Gasteiger partial charge on any atom is -0.488 e. The maximum Gasteiger partial charge on any atom is 0.167 e. The fourth-order valence-corrected chi connectivity index (χ4v) is 2.72. The molecule has 0 aliphatic rings. The summed E-state index contributed by atoms with van der Waals surface area (Å²) in [5.74, 6) is 1.17. The number of nitrogens with one attached hydrogen (secondary N) is 1.